The van der Waals surface area contributed by atoms with Crippen LogP contribution in [0.2, 0.25) is 0 Å². The number of phenolic OH excluding ortho intramolecular Hbond substituents is 1. The van der Waals surface area contributed by atoms with Gasteiger partial charge in [0.05, 0.1) is 37.7 Å². The molecule has 0 spiro atoms. The molecule has 6 rings (SSSR count). The zero-order valence-corrected chi connectivity index (χ0v) is 23.6. The van der Waals surface area contributed by atoms with Crippen LogP contribution in [0, 0.1) is 23.6 Å². The molecule has 2 amide bonds. The molecule has 41 heavy (non-hydrogen) atoms. The number of nitrogens with zero attached hydrogens (tertiary/aromatic N) is 1. The summed E-state index contributed by atoms with van der Waals surface area (Å²) in [6.07, 6.45) is 3.55. The number of aromatic hydroxyl groups is 1. The van der Waals surface area contributed by atoms with E-state index in [0.29, 0.717) is 44.6 Å². The number of likely N-dealkylation sites (tertiary alicyclic amines) is 1. The van der Waals surface area contributed by atoms with Gasteiger partial charge in [0.25, 0.3) is 0 Å². The lowest BCUT2D eigenvalue weighted by atomic mass is 9.69. The molecule has 2 aliphatic heterocycles. The van der Waals surface area contributed by atoms with Gasteiger partial charge in [-0.15, -0.1) is 11.3 Å². The first-order valence-electron chi connectivity index (χ1n) is 13.9. The Morgan fingerprint density at radius 2 is 1.95 bits per heavy atom. The fourth-order valence-corrected chi connectivity index (χ4v) is 7.30. The Balaban J connectivity index is 1.26. The molecule has 1 aromatic heterocycles. The highest BCUT2D eigenvalue weighted by molar-refractivity contribution is 7.09. The predicted octanol–water partition coefficient (Wildman–Crippen LogP) is 6.08. The van der Waals surface area contributed by atoms with Crippen molar-refractivity contribution in [2.24, 2.45) is 17.8 Å². The number of amides is 2. The van der Waals surface area contributed by atoms with E-state index in [-0.39, 0.29) is 35.5 Å². The van der Waals surface area contributed by atoms with E-state index >= 15 is 0 Å². The van der Waals surface area contributed by atoms with E-state index < -0.39 is 11.7 Å². The van der Waals surface area contributed by atoms with Crippen molar-refractivity contribution >= 4 is 34.8 Å². The van der Waals surface area contributed by atoms with Crippen molar-refractivity contribution in [2.45, 2.75) is 31.9 Å². The summed E-state index contributed by atoms with van der Waals surface area (Å²) in [4.78, 5) is 29.5. The molecule has 4 atom stereocenters. The number of thiophene rings is 1. The third kappa shape index (κ3) is 5.39. The van der Waals surface area contributed by atoms with Gasteiger partial charge < -0.3 is 14.6 Å². The van der Waals surface area contributed by atoms with E-state index in [0.717, 1.165) is 27.2 Å². The van der Waals surface area contributed by atoms with Crippen LogP contribution in [0.5, 0.6) is 5.75 Å². The van der Waals surface area contributed by atoms with Crippen molar-refractivity contribution in [3.8, 4) is 5.75 Å². The average Bonchev–Trinajstić information content (AvgIpc) is 3.70. The second-order valence-corrected chi connectivity index (χ2v) is 11.9. The predicted molar refractivity (Wildman–Crippen MR) is 155 cm³/mol. The summed E-state index contributed by atoms with van der Waals surface area (Å²) in [7, 11) is 1.65. The van der Waals surface area contributed by atoms with Crippen LogP contribution in [-0.4, -0.2) is 48.2 Å². The number of halogens is 1. The molecule has 3 aromatic rings. The van der Waals surface area contributed by atoms with Crippen LogP contribution >= 0.6 is 11.3 Å². The van der Waals surface area contributed by atoms with E-state index in [2.05, 4.69) is 0 Å². The number of fused-ring (bicyclic) bond motifs is 3. The first-order valence-corrected chi connectivity index (χ1v) is 14.8. The first-order chi connectivity index (χ1) is 19.9. The number of benzene rings is 2. The fraction of sp³-hybridized carbons (Fsp3) is 0.333. The molecule has 1 aliphatic carbocycles. The smallest absolute Gasteiger partial charge is 0.234 e. The topological polar surface area (TPSA) is 76.1 Å². The molecule has 212 valence electrons. The van der Waals surface area contributed by atoms with Gasteiger partial charge in [0.1, 0.15) is 0 Å². The van der Waals surface area contributed by atoms with Gasteiger partial charge in [0.15, 0.2) is 11.6 Å². The lowest BCUT2D eigenvalue weighted by molar-refractivity contribution is -0.140. The number of ether oxygens (including phenoxy) is 2. The van der Waals surface area contributed by atoms with Gasteiger partial charge in [0.2, 0.25) is 11.8 Å². The number of phenols is 1. The molecular formula is C33H32FNO5S. The molecule has 0 saturated carbocycles. The number of rotatable bonds is 9. The number of methoxy groups -OCH3 is 1. The summed E-state index contributed by atoms with van der Waals surface area (Å²) in [6.45, 7) is 1.11. The monoisotopic (exact) mass is 573 g/mol. The lowest BCUT2D eigenvalue weighted by Crippen LogP contribution is -2.35. The van der Waals surface area contributed by atoms with Crippen molar-refractivity contribution < 1.29 is 28.6 Å². The van der Waals surface area contributed by atoms with Gasteiger partial charge in [-0.3, -0.25) is 14.5 Å². The van der Waals surface area contributed by atoms with Crippen molar-refractivity contribution in [1.82, 2.24) is 4.90 Å². The second-order valence-electron chi connectivity index (χ2n) is 10.9. The normalized spacial score (nSPS) is 24.2. The molecule has 2 aromatic carbocycles. The highest BCUT2D eigenvalue weighted by Gasteiger charge is 2.56. The molecule has 3 aliphatic rings. The third-order valence-corrected chi connectivity index (χ3v) is 9.31. The number of carbonyl (C=O) groups excluding carboxylic acids is 2. The molecule has 1 N–H and O–H groups in total. The summed E-state index contributed by atoms with van der Waals surface area (Å²) in [5, 5.41) is 11.6. The van der Waals surface area contributed by atoms with Crippen LogP contribution in [-0.2, 0) is 25.6 Å². The summed E-state index contributed by atoms with van der Waals surface area (Å²) >= 11 is 1.55. The number of carbonyl (C=O) groups is 2. The minimum atomic E-state index is -0.664. The quantitative estimate of drug-likeness (QED) is 0.191. The Bertz CT molecular complexity index is 1500. The Labute approximate surface area is 242 Å². The Morgan fingerprint density at radius 1 is 1.12 bits per heavy atom. The standard InChI is InChI=1S/C33H32FNO5S/c1-39-18-23-16-25-31(33(38)35(32(25)37)17-24-8-5-13-41-24)26-19-40-29(30(23)26)12-10-22(21-6-3-2-4-7-21)14-20-9-11-28(36)27(34)15-20/h2-9,11,13-15,25-26,29,31,36H,10,12,16-19H2,1H3/b22-14-/t25-,26+,29-,31-/m1/s1. The van der Waals surface area contributed by atoms with E-state index in [1.165, 1.54) is 17.0 Å². The second kappa shape index (κ2) is 11.7. The summed E-state index contributed by atoms with van der Waals surface area (Å²) in [5.74, 6) is -2.18. The maximum Gasteiger partial charge on any atom is 0.234 e. The highest BCUT2D eigenvalue weighted by atomic mass is 32.1. The van der Waals surface area contributed by atoms with Crippen LogP contribution < -0.4 is 0 Å². The largest absolute Gasteiger partial charge is 0.505 e. The van der Waals surface area contributed by atoms with Gasteiger partial charge in [-0.25, -0.2) is 4.39 Å². The SMILES string of the molecule is COCC1=C2[C@@H](CC/C(=C/c3ccc(O)c(F)c3)c3ccccc3)OC[C@@H]2[C@@H]2C(=O)N(Cc3cccs3)C(=O)[C@@H]2C1. The summed E-state index contributed by atoms with van der Waals surface area (Å²) in [5.41, 5.74) is 4.86. The zero-order valence-electron chi connectivity index (χ0n) is 22.8. The van der Waals surface area contributed by atoms with Crippen LogP contribution in [0.1, 0.15) is 35.3 Å². The Kier molecular flexibility index (Phi) is 7.88. The lowest BCUT2D eigenvalue weighted by Gasteiger charge is -2.31. The molecular weight excluding hydrogens is 541 g/mol. The Morgan fingerprint density at radius 3 is 2.68 bits per heavy atom. The van der Waals surface area contributed by atoms with E-state index in [1.54, 1.807) is 24.5 Å². The van der Waals surface area contributed by atoms with Gasteiger partial charge in [0, 0.05) is 17.9 Å². The van der Waals surface area contributed by atoms with Crippen LogP contribution in [0.25, 0.3) is 11.6 Å². The van der Waals surface area contributed by atoms with Crippen LogP contribution in [0.15, 0.2) is 77.2 Å². The zero-order chi connectivity index (χ0) is 28.5. The maximum atomic E-state index is 14.1. The van der Waals surface area contributed by atoms with Gasteiger partial charge in [-0.1, -0.05) is 48.5 Å². The number of hydrogen-bond donors (Lipinski definition) is 1. The van der Waals surface area contributed by atoms with Crippen molar-refractivity contribution in [3.63, 3.8) is 0 Å². The fourth-order valence-electron chi connectivity index (χ4n) is 6.61. The van der Waals surface area contributed by atoms with Gasteiger partial charge >= 0.3 is 0 Å². The highest BCUT2D eigenvalue weighted by Crippen LogP contribution is 2.50. The minimum absolute atomic E-state index is 0.0973. The minimum Gasteiger partial charge on any atom is -0.505 e. The van der Waals surface area contributed by atoms with E-state index in [4.69, 9.17) is 9.47 Å². The number of allylic oxidation sites excluding steroid dienone is 1. The molecule has 2 fully saturated rings. The summed E-state index contributed by atoms with van der Waals surface area (Å²) in [6, 6.07) is 18.2. The molecule has 8 heteroatoms. The van der Waals surface area contributed by atoms with Gasteiger partial charge in [-0.2, -0.15) is 0 Å². The maximum absolute atomic E-state index is 14.1. The van der Waals surface area contributed by atoms with Crippen molar-refractivity contribution in [1.29, 1.82) is 0 Å². The molecule has 0 bridgehead atoms. The molecule has 3 heterocycles. The molecule has 0 radical (unpaired) electrons. The third-order valence-electron chi connectivity index (χ3n) is 8.44. The van der Waals surface area contributed by atoms with Crippen molar-refractivity contribution in [2.75, 3.05) is 20.3 Å². The van der Waals surface area contributed by atoms with Crippen LogP contribution in [0.3, 0.4) is 0 Å². The van der Waals surface area contributed by atoms with E-state index in [9.17, 15) is 19.1 Å². The first kappa shape index (κ1) is 27.6. The Hall–Kier alpha value is -3.59. The van der Waals surface area contributed by atoms with Crippen LogP contribution in [0.4, 0.5) is 4.39 Å². The molecule has 6 nitrogen and oxygen atoms in total. The van der Waals surface area contributed by atoms with E-state index in [1.807, 2.05) is 53.9 Å². The van der Waals surface area contributed by atoms with Gasteiger partial charge in [-0.05, 0) is 70.7 Å². The number of hydrogen-bond acceptors (Lipinski definition) is 6. The molecule has 0 unspecified atom stereocenters. The summed E-state index contributed by atoms with van der Waals surface area (Å²) < 4.78 is 26.0. The molecule has 2 saturated heterocycles. The van der Waals surface area contributed by atoms with Crippen molar-refractivity contribution in [3.05, 3.63) is 99.0 Å². The average molecular weight is 574 g/mol. The number of imide groups is 1.